The molecule has 0 radical (unpaired) electrons. The van der Waals surface area contributed by atoms with Gasteiger partial charge in [-0.3, -0.25) is 9.97 Å². The molecule has 0 bridgehead atoms. The summed E-state index contributed by atoms with van der Waals surface area (Å²) < 4.78 is 13.4. The number of aliphatic hydroxyl groups excluding tert-OH is 2. The van der Waals surface area contributed by atoms with Crippen molar-refractivity contribution in [2.75, 3.05) is 19.5 Å². The summed E-state index contributed by atoms with van der Waals surface area (Å²) >= 11 is 8.90. The number of hydrogen-bond donors (Lipinski definition) is 3. The van der Waals surface area contributed by atoms with E-state index in [1.54, 1.807) is 36.2 Å². The van der Waals surface area contributed by atoms with Gasteiger partial charge in [0.1, 0.15) is 41.2 Å². The van der Waals surface area contributed by atoms with Gasteiger partial charge in [-0.2, -0.15) is 0 Å². The van der Waals surface area contributed by atoms with Crippen molar-refractivity contribution in [3.05, 3.63) is 53.4 Å². The van der Waals surface area contributed by atoms with E-state index in [-0.39, 0.29) is 0 Å². The van der Waals surface area contributed by atoms with Gasteiger partial charge in [-0.15, -0.1) is 16.4 Å². The summed E-state index contributed by atoms with van der Waals surface area (Å²) in [5.41, 5.74) is 7.65. The summed E-state index contributed by atoms with van der Waals surface area (Å²) in [7, 11) is 1.53. The van der Waals surface area contributed by atoms with Gasteiger partial charge < -0.3 is 25.4 Å². The molecule has 5 atom stereocenters. The molecule has 0 aromatic carbocycles. The Hall–Kier alpha value is -2.65. The van der Waals surface area contributed by atoms with Crippen LogP contribution in [0.3, 0.4) is 0 Å². The first-order valence-electron chi connectivity index (χ1n) is 10.8. The smallest absolute Gasteiger partial charge is 0.180 e. The van der Waals surface area contributed by atoms with E-state index in [2.05, 4.69) is 25.3 Å². The van der Waals surface area contributed by atoms with Crippen molar-refractivity contribution in [3.63, 3.8) is 0 Å². The van der Waals surface area contributed by atoms with Gasteiger partial charge in [0, 0.05) is 41.5 Å². The molecule has 0 aliphatic carbocycles. The van der Waals surface area contributed by atoms with Crippen molar-refractivity contribution in [3.8, 4) is 22.6 Å². The van der Waals surface area contributed by atoms with Crippen LogP contribution in [0.5, 0.6) is 0 Å². The van der Waals surface area contributed by atoms with E-state index in [4.69, 9.17) is 26.8 Å². The number of nitrogens with zero attached hydrogens (tertiary/aromatic N) is 6. The third-order valence-corrected chi connectivity index (χ3v) is 7.75. The highest BCUT2D eigenvalue weighted by Crippen LogP contribution is 2.42. The van der Waals surface area contributed by atoms with Crippen LogP contribution in [0.2, 0.25) is 5.02 Å². The maximum absolute atomic E-state index is 11.1. The number of nitrogen functional groups attached to an aromatic ring is 1. The number of ether oxygens (including phenoxy) is 2. The lowest BCUT2D eigenvalue weighted by atomic mass is 9.97. The summed E-state index contributed by atoms with van der Waals surface area (Å²) in [5, 5.41) is 32.1. The molecule has 1 fully saturated rings. The minimum absolute atomic E-state index is 0.404. The molecule has 1 aliphatic rings. The van der Waals surface area contributed by atoms with Crippen LogP contribution in [-0.4, -0.2) is 77.6 Å². The normalized spacial score (nSPS) is 24.2. The average molecular weight is 548 g/mol. The van der Waals surface area contributed by atoms with Crippen molar-refractivity contribution >= 4 is 39.8 Å². The molecule has 188 valence electrons. The summed E-state index contributed by atoms with van der Waals surface area (Å²) in [6.45, 7) is -0.404. The third-order valence-electron chi connectivity index (χ3n) is 5.69. The van der Waals surface area contributed by atoms with Gasteiger partial charge in [0.15, 0.2) is 5.13 Å². The quantitative estimate of drug-likeness (QED) is 0.312. The van der Waals surface area contributed by atoms with Crippen molar-refractivity contribution in [1.29, 1.82) is 0 Å². The van der Waals surface area contributed by atoms with Crippen molar-refractivity contribution < 1.29 is 19.7 Å². The molecule has 4 aromatic heterocycles. The number of thioether (sulfide) groups is 1. The van der Waals surface area contributed by atoms with Crippen LogP contribution in [0, 0.1) is 0 Å². The zero-order valence-corrected chi connectivity index (χ0v) is 21.3. The largest absolute Gasteiger partial charge is 0.394 e. The van der Waals surface area contributed by atoms with Crippen LogP contribution in [0.15, 0.2) is 53.3 Å². The first-order valence-corrected chi connectivity index (χ1v) is 12.9. The summed E-state index contributed by atoms with van der Waals surface area (Å²) in [5.74, 6) is 0. The van der Waals surface area contributed by atoms with E-state index in [0.29, 0.717) is 27.2 Å². The molecule has 5 heterocycles. The Kier molecular flexibility index (Phi) is 7.48. The molecule has 0 saturated carbocycles. The molecule has 0 amide bonds. The molecule has 14 heteroatoms. The van der Waals surface area contributed by atoms with Gasteiger partial charge >= 0.3 is 0 Å². The highest BCUT2D eigenvalue weighted by Gasteiger charge is 2.47. The maximum Gasteiger partial charge on any atom is 0.180 e. The standard InChI is InChI=1S/C22H22ClN7O4S2/c1-33-20-18(30-8-13(28-29-30)14-10-35-22(24)27-14)19(32)15(9-31)34-21(20)36-16-5-12(23)7-26-17(16)11-3-2-4-25-6-11/h2-8,10,15,18-21,31-32H,9H2,1H3,(H2,24,27)/t15-,18+,19+,20-,21-/m1/s1. The zero-order chi connectivity index (χ0) is 25.2. The topological polar surface area (TPSA) is 154 Å². The number of anilines is 1. The average Bonchev–Trinajstić information content (AvgIpc) is 3.54. The number of thiazole rings is 1. The van der Waals surface area contributed by atoms with Crippen LogP contribution >= 0.6 is 34.7 Å². The number of nitrogens with two attached hydrogens (primary N) is 1. The second-order valence-electron chi connectivity index (χ2n) is 7.92. The predicted octanol–water partition coefficient (Wildman–Crippen LogP) is 2.52. The number of methoxy groups -OCH3 is 1. The van der Waals surface area contributed by atoms with E-state index < -0.39 is 36.4 Å². The van der Waals surface area contributed by atoms with Crippen molar-refractivity contribution in [2.45, 2.75) is 34.7 Å². The van der Waals surface area contributed by atoms with Crippen molar-refractivity contribution in [1.82, 2.24) is 29.9 Å². The number of rotatable bonds is 7. The first-order chi connectivity index (χ1) is 17.5. The van der Waals surface area contributed by atoms with E-state index in [0.717, 1.165) is 10.5 Å². The Labute approximate surface area is 219 Å². The number of aromatic nitrogens is 6. The summed E-state index contributed by atoms with van der Waals surface area (Å²) in [4.78, 5) is 13.7. The van der Waals surface area contributed by atoms with Crippen LogP contribution in [0.25, 0.3) is 22.6 Å². The molecule has 4 aromatic rings. The Morgan fingerprint density at radius 1 is 1.33 bits per heavy atom. The molecular weight excluding hydrogens is 526 g/mol. The van der Waals surface area contributed by atoms with Gasteiger partial charge in [0.25, 0.3) is 0 Å². The molecule has 11 nitrogen and oxygen atoms in total. The Morgan fingerprint density at radius 2 is 2.19 bits per heavy atom. The predicted molar refractivity (Wildman–Crippen MR) is 135 cm³/mol. The Bertz CT molecular complexity index is 1320. The van der Waals surface area contributed by atoms with Gasteiger partial charge in [0.2, 0.25) is 0 Å². The zero-order valence-electron chi connectivity index (χ0n) is 18.9. The SMILES string of the molecule is CO[C@@H]1[C@@H](n2cc(-c3csc(N)n3)nn2)[C@@H](O)[C@@H](CO)O[C@@H]1Sc1cc(Cl)cnc1-c1cccnc1. The summed E-state index contributed by atoms with van der Waals surface area (Å²) in [6.07, 6.45) is 3.93. The lowest BCUT2D eigenvalue weighted by molar-refractivity contribution is -0.186. The second kappa shape index (κ2) is 10.8. The third kappa shape index (κ3) is 4.95. The molecule has 1 saturated heterocycles. The van der Waals surface area contributed by atoms with Crippen molar-refractivity contribution in [2.24, 2.45) is 0 Å². The molecule has 0 spiro atoms. The van der Waals surface area contributed by atoms with Gasteiger partial charge in [-0.05, 0) is 18.2 Å². The van der Waals surface area contributed by atoms with E-state index in [1.807, 2.05) is 12.1 Å². The fourth-order valence-corrected chi connectivity index (χ4v) is 6.12. The maximum atomic E-state index is 11.1. The fraction of sp³-hybridized carbons (Fsp3) is 0.318. The monoisotopic (exact) mass is 547 g/mol. The van der Waals surface area contributed by atoms with E-state index in [9.17, 15) is 10.2 Å². The van der Waals surface area contributed by atoms with Crippen LogP contribution in [0.1, 0.15) is 6.04 Å². The molecule has 36 heavy (non-hydrogen) atoms. The highest BCUT2D eigenvalue weighted by atomic mass is 35.5. The van der Waals surface area contributed by atoms with E-state index >= 15 is 0 Å². The van der Waals surface area contributed by atoms with Gasteiger partial charge in [-0.25, -0.2) is 9.67 Å². The number of pyridine rings is 2. The number of aliphatic hydroxyl groups is 2. The minimum atomic E-state index is -1.12. The number of hydrogen-bond acceptors (Lipinski definition) is 12. The highest BCUT2D eigenvalue weighted by molar-refractivity contribution is 8.00. The Balaban J connectivity index is 1.49. The lowest BCUT2D eigenvalue weighted by Crippen LogP contribution is -2.55. The Morgan fingerprint density at radius 3 is 2.89 bits per heavy atom. The second-order valence-corrected chi connectivity index (χ2v) is 10.4. The molecule has 5 rings (SSSR count). The minimum Gasteiger partial charge on any atom is -0.394 e. The van der Waals surface area contributed by atoms with Crippen LogP contribution in [0.4, 0.5) is 5.13 Å². The van der Waals surface area contributed by atoms with Gasteiger partial charge in [0.05, 0.1) is 23.5 Å². The molecule has 4 N–H and O–H groups in total. The molecular formula is C22H22ClN7O4S2. The molecule has 0 unspecified atom stereocenters. The number of halogens is 1. The van der Waals surface area contributed by atoms with Crippen LogP contribution in [-0.2, 0) is 9.47 Å². The van der Waals surface area contributed by atoms with E-state index in [1.165, 1.54) is 34.9 Å². The fourth-order valence-electron chi connectivity index (χ4n) is 4.01. The van der Waals surface area contributed by atoms with Gasteiger partial charge in [-0.1, -0.05) is 28.6 Å². The molecule has 1 aliphatic heterocycles. The lowest BCUT2D eigenvalue weighted by Gasteiger charge is -2.43. The first kappa shape index (κ1) is 25.0. The summed E-state index contributed by atoms with van der Waals surface area (Å²) in [6, 6.07) is 4.78. The van der Waals surface area contributed by atoms with Crippen LogP contribution < -0.4 is 5.73 Å².